The average molecular weight is 414 g/mol. The van der Waals surface area contributed by atoms with Crippen molar-refractivity contribution in [1.82, 2.24) is 30.1 Å². The van der Waals surface area contributed by atoms with Crippen LogP contribution in [0.3, 0.4) is 0 Å². The maximum atomic E-state index is 12.7. The number of hydrogen-bond acceptors (Lipinski definition) is 7. The fourth-order valence-electron chi connectivity index (χ4n) is 2.18. The molecule has 0 spiro atoms. The summed E-state index contributed by atoms with van der Waals surface area (Å²) in [5.74, 6) is 0.583. The van der Waals surface area contributed by atoms with Gasteiger partial charge in [-0.1, -0.05) is 23.9 Å². The van der Waals surface area contributed by atoms with Crippen molar-refractivity contribution >= 4 is 23.1 Å². The summed E-state index contributed by atoms with van der Waals surface area (Å²) < 4.78 is 39.7. The number of halogens is 3. The van der Waals surface area contributed by atoms with Gasteiger partial charge in [0.15, 0.2) is 0 Å². The minimum absolute atomic E-state index is 0.583. The van der Waals surface area contributed by atoms with Gasteiger partial charge in [0.2, 0.25) is 5.16 Å². The number of tetrazole rings is 1. The molecule has 1 aromatic carbocycles. The van der Waals surface area contributed by atoms with Crippen LogP contribution < -0.4 is 0 Å². The normalized spacial score (nSPS) is 12.1. The van der Waals surface area contributed by atoms with Crippen LogP contribution in [-0.4, -0.2) is 50.7 Å². The first-order valence-corrected chi connectivity index (χ1v) is 9.85. The summed E-state index contributed by atoms with van der Waals surface area (Å²) in [5.41, 5.74) is 0.838. The fraction of sp³-hybridized carbons (Fsp3) is 0.375. The second kappa shape index (κ2) is 8.36. The zero-order valence-electron chi connectivity index (χ0n) is 14.6. The zero-order chi connectivity index (χ0) is 19.4. The number of thiazole rings is 1. The number of aromatic nitrogens is 5. The van der Waals surface area contributed by atoms with Gasteiger partial charge in [-0.15, -0.1) is 16.4 Å². The molecular weight excluding hydrogens is 397 g/mol. The molecule has 0 atom stereocenters. The zero-order valence-corrected chi connectivity index (χ0v) is 16.3. The van der Waals surface area contributed by atoms with E-state index >= 15 is 0 Å². The monoisotopic (exact) mass is 414 g/mol. The van der Waals surface area contributed by atoms with E-state index in [1.54, 1.807) is 4.68 Å². The second-order valence-electron chi connectivity index (χ2n) is 6.00. The molecule has 6 nitrogen and oxygen atoms in total. The number of nitrogens with zero attached hydrogens (tertiary/aromatic N) is 6. The lowest BCUT2D eigenvalue weighted by Crippen LogP contribution is -2.19. The summed E-state index contributed by atoms with van der Waals surface area (Å²) >= 11 is 2.88. The molecule has 0 radical (unpaired) electrons. The Balaban J connectivity index is 1.63. The van der Waals surface area contributed by atoms with Crippen LogP contribution in [0.5, 0.6) is 0 Å². The van der Waals surface area contributed by atoms with Crippen molar-refractivity contribution in [2.75, 3.05) is 20.6 Å². The number of thioether (sulfide) groups is 1. The topological polar surface area (TPSA) is 59.7 Å². The lowest BCUT2D eigenvalue weighted by molar-refractivity contribution is -0.137. The SMILES string of the molecule is CN(C)CCn1nnnc1SCc1csc(-c2ccc(C(F)(F)F)cc2)n1. The lowest BCUT2D eigenvalue weighted by Gasteiger charge is -2.09. The molecule has 0 aliphatic carbocycles. The fourth-order valence-corrected chi connectivity index (χ4v) is 3.91. The molecule has 0 aliphatic heterocycles. The van der Waals surface area contributed by atoms with Gasteiger partial charge in [0, 0.05) is 23.2 Å². The number of likely N-dealkylation sites (N-methyl/N-ethyl adjacent to an activating group) is 1. The Morgan fingerprint density at radius 3 is 2.59 bits per heavy atom. The molecular formula is C16H17F3N6S2. The van der Waals surface area contributed by atoms with Crippen LogP contribution in [0.2, 0.25) is 0 Å². The Morgan fingerprint density at radius 1 is 1.19 bits per heavy atom. The number of alkyl halides is 3. The van der Waals surface area contributed by atoms with Crippen LogP contribution in [0.25, 0.3) is 10.6 Å². The van der Waals surface area contributed by atoms with E-state index in [2.05, 4.69) is 20.5 Å². The van der Waals surface area contributed by atoms with E-state index in [0.29, 0.717) is 28.0 Å². The molecule has 0 amide bonds. The molecule has 0 unspecified atom stereocenters. The Labute approximate surface area is 162 Å². The van der Waals surface area contributed by atoms with Gasteiger partial charge >= 0.3 is 6.18 Å². The molecule has 0 aliphatic rings. The summed E-state index contributed by atoms with van der Waals surface area (Å²) in [6, 6.07) is 5.04. The van der Waals surface area contributed by atoms with Crippen LogP contribution in [0.4, 0.5) is 13.2 Å². The highest BCUT2D eigenvalue weighted by atomic mass is 32.2. The molecule has 144 valence electrons. The van der Waals surface area contributed by atoms with Crippen LogP contribution >= 0.6 is 23.1 Å². The van der Waals surface area contributed by atoms with Gasteiger partial charge in [0.1, 0.15) is 5.01 Å². The van der Waals surface area contributed by atoms with E-state index in [9.17, 15) is 13.2 Å². The Bertz CT molecular complexity index is 873. The number of hydrogen-bond donors (Lipinski definition) is 0. The van der Waals surface area contributed by atoms with Crippen LogP contribution in [0.15, 0.2) is 34.8 Å². The molecule has 2 aromatic heterocycles. The second-order valence-corrected chi connectivity index (χ2v) is 7.80. The van der Waals surface area contributed by atoms with Gasteiger partial charge in [-0.3, -0.25) is 0 Å². The molecule has 0 N–H and O–H groups in total. The van der Waals surface area contributed by atoms with E-state index in [1.807, 2.05) is 24.4 Å². The van der Waals surface area contributed by atoms with Crippen LogP contribution in [0.1, 0.15) is 11.3 Å². The van der Waals surface area contributed by atoms with Gasteiger partial charge in [-0.25, -0.2) is 9.67 Å². The summed E-state index contributed by atoms with van der Waals surface area (Å²) in [7, 11) is 3.96. The van der Waals surface area contributed by atoms with Crippen molar-refractivity contribution in [3.63, 3.8) is 0 Å². The Morgan fingerprint density at radius 2 is 1.93 bits per heavy atom. The predicted octanol–water partition coefficient (Wildman–Crippen LogP) is 3.67. The highest BCUT2D eigenvalue weighted by molar-refractivity contribution is 7.98. The third-order valence-electron chi connectivity index (χ3n) is 3.62. The molecule has 27 heavy (non-hydrogen) atoms. The van der Waals surface area contributed by atoms with Crippen LogP contribution in [-0.2, 0) is 18.5 Å². The molecule has 3 aromatic rings. The first kappa shape index (κ1) is 19.8. The van der Waals surface area contributed by atoms with E-state index < -0.39 is 11.7 Å². The van der Waals surface area contributed by atoms with E-state index in [4.69, 9.17) is 0 Å². The maximum Gasteiger partial charge on any atom is 0.416 e. The van der Waals surface area contributed by atoms with Gasteiger partial charge in [-0.2, -0.15) is 13.2 Å². The highest BCUT2D eigenvalue weighted by Crippen LogP contribution is 2.32. The molecule has 3 rings (SSSR count). The molecule has 0 bridgehead atoms. The predicted molar refractivity (Wildman–Crippen MR) is 98.5 cm³/mol. The smallest absolute Gasteiger partial charge is 0.308 e. The summed E-state index contributed by atoms with van der Waals surface area (Å²) in [5, 5.41) is 15.0. The quantitative estimate of drug-likeness (QED) is 0.550. The van der Waals surface area contributed by atoms with Crippen molar-refractivity contribution in [3.8, 4) is 10.6 Å². The molecule has 2 heterocycles. The minimum atomic E-state index is -4.33. The molecule has 0 saturated heterocycles. The minimum Gasteiger partial charge on any atom is -0.308 e. The third-order valence-corrected chi connectivity index (χ3v) is 5.55. The standard InChI is InChI=1S/C16H17F3N6S2/c1-24(2)7-8-25-15(21-22-23-25)27-10-13-9-26-14(20-13)11-3-5-12(6-4-11)16(17,18)19/h3-6,9H,7-8,10H2,1-2H3. The molecule has 0 saturated carbocycles. The van der Waals surface area contributed by atoms with Crippen molar-refractivity contribution in [2.24, 2.45) is 0 Å². The maximum absolute atomic E-state index is 12.7. The van der Waals surface area contributed by atoms with Gasteiger partial charge in [-0.05, 0) is 36.7 Å². The van der Waals surface area contributed by atoms with Crippen molar-refractivity contribution in [3.05, 3.63) is 40.9 Å². The summed E-state index contributed by atoms with van der Waals surface area (Å²) in [4.78, 5) is 6.55. The summed E-state index contributed by atoms with van der Waals surface area (Å²) in [6.45, 7) is 1.52. The van der Waals surface area contributed by atoms with Gasteiger partial charge < -0.3 is 4.90 Å². The van der Waals surface area contributed by atoms with Gasteiger partial charge in [0.25, 0.3) is 0 Å². The van der Waals surface area contributed by atoms with Crippen molar-refractivity contribution < 1.29 is 13.2 Å². The van der Waals surface area contributed by atoms with E-state index in [0.717, 1.165) is 24.4 Å². The van der Waals surface area contributed by atoms with Crippen LogP contribution in [0, 0.1) is 0 Å². The first-order valence-electron chi connectivity index (χ1n) is 7.98. The van der Waals surface area contributed by atoms with Crippen molar-refractivity contribution in [1.29, 1.82) is 0 Å². The van der Waals surface area contributed by atoms with E-state index in [-0.39, 0.29) is 0 Å². The number of benzene rings is 1. The highest BCUT2D eigenvalue weighted by Gasteiger charge is 2.30. The lowest BCUT2D eigenvalue weighted by atomic mass is 10.1. The Kier molecular flexibility index (Phi) is 6.12. The third kappa shape index (κ3) is 5.27. The van der Waals surface area contributed by atoms with E-state index in [1.165, 1.54) is 35.2 Å². The van der Waals surface area contributed by atoms with Crippen molar-refractivity contribution in [2.45, 2.75) is 23.6 Å². The molecule has 0 fully saturated rings. The van der Waals surface area contributed by atoms with Gasteiger partial charge in [0.05, 0.1) is 17.8 Å². The first-order chi connectivity index (χ1) is 12.8. The largest absolute Gasteiger partial charge is 0.416 e. The summed E-state index contributed by atoms with van der Waals surface area (Å²) in [6.07, 6.45) is -4.33. The molecule has 11 heteroatoms. The average Bonchev–Trinajstić information content (AvgIpc) is 3.26. The number of rotatable bonds is 7. The Hall–Kier alpha value is -1.98.